The van der Waals surface area contributed by atoms with Crippen molar-refractivity contribution in [3.05, 3.63) is 246 Å². The Morgan fingerprint density at radius 2 is 0.849 bits per heavy atom. The number of nitrogens with zero attached hydrogens (tertiary/aromatic N) is 3. The Hall–Kier alpha value is -7.88. The predicted molar refractivity (Wildman–Crippen MR) is 306 cm³/mol. The van der Waals surface area contributed by atoms with Crippen molar-refractivity contribution in [3.63, 3.8) is 0 Å². The molecular formula is C66H45F3IN3. The van der Waals surface area contributed by atoms with Crippen LogP contribution >= 0.6 is 22.6 Å². The summed E-state index contributed by atoms with van der Waals surface area (Å²) in [5, 5.41) is 5.98. The summed E-state index contributed by atoms with van der Waals surface area (Å²) in [6.07, 6.45) is 4.49. The number of hydrogen-bond acceptors (Lipinski definition) is 0. The molecule has 14 rings (SSSR count). The summed E-state index contributed by atoms with van der Waals surface area (Å²) < 4.78 is 59.9. The number of benzene rings is 9. The van der Waals surface area contributed by atoms with Crippen molar-refractivity contribution in [2.75, 3.05) is 0 Å². The van der Waals surface area contributed by atoms with Crippen LogP contribution in [0.1, 0.15) is 54.1 Å². The first-order valence-electron chi connectivity index (χ1n) is 24.8. The molecular weight excluding hydrogens is 1020 g/mol. The maximum absolute atomic E-state index is 18.8. The molecule has 2 atom stereocenters. The van der Waals surface area contributed by atoms with E-state index in [4.69, 9.17) is 0 Å². The Labute approximate surface area is 433 Å². The zero-order valence-corrected chi connectivity index (χ0v) is 42.1. The van der Waals surface area contributed by atoms with Gasteiger partial charge in [-0.1, -0.05) is 170 Å². The Morgan fingerprint density at radius 1 is 0.466 bits per heavy atom. The van der Waals surface area contributed by atoms with Gasteiger partial charge >= 0.3 is 0 Å². The van der Waals surface area contributed by atoms with Gasteiger partial charge in [0, 0.05) is 72.5 Å². The van der Waals surface area contributed by atoms with Gasteiger partial charge in [0.25, 0.3) is 5.92 Å². The lowest BCUT2D eigenvalue weighted by Crippen LogP contribution is -2.29. The molecule has 2 aliphatic carbocycles. The third-order valence-corrected chi connectivity index (χ3v) is 15.9. The van der Waals surface area contributed by atoms with Gasteiger partial charge in [0.2, 0.25) is 0 Å². The number of fused-ring (bicyclic) bond motifs is 12. The molecule has 73 heavy (non-hydrogen) atoms. The normalized spacial score (nSPS) is 15.7. The molecule has 0 aliphatic heterocycles. The van der Waals surface area contributed by atoms with Crippen LogP contribution in [0.2, 0.25) is 0 Å². The van der Waals surface area contributed by atoms with Crippen LogP contribution < -0.4 is 0 Å². The Morgan fingerprint density at radius 3 is 1.29 bits per heavy atom. The first kappa shape index (κ1) is 43.9. The highest BCUT2D eigenvalue weighted by atomic mass is 127. The molecule has 9 aromatic carbocycles. The minimum absolute atomic E-state index is 0.0800. The van der Waals surface area contributed by atoms with Gasteiger partial charge in [0.05, 0.1) is 39.5 Å². The summed E-state index contributed by atoms with van der Waals surface area (Å²) >= 11 is 1.92. The van der Waals surface area contributed by atoms with Gasteiger partial charge in [0.15, 0.2) is 3.68 Å². The summed E-state index contributed by atoms with van der Waals surface area (Å²) in [4.78, 5) is 0. The molecule has 3 heterocycles. The monoisotopic (exact) mass is 1060 g/mol. The summed E-state index contributed by atoms with van der Waals surface area (Å²) in [6.45, 7) is 2.61. The SMILES string of the molecule is CC(F)(F)C1=C(c2c(-n3c4ccccc4c4ccccc43)ccc(C=C3c4ccccc4-c4ccccc43)c2C(C)(F)I)C(n2c3ccccc3c3ccccc32)=CCC1n1c2ccccc2c2ccccc21. The van der Waals surface area contributed by atoms with Crippen LogP contribution in [0.3, 0.4) is 0 Å². The van der Waals surface area contributed by atoms with Crippen molar-refractivity contribution in [1.29, 1.82) is 0 Å². The largest absolute Gasteiger partial charge is 0.333 e. The van der Waals surface area contributed by atoms with Crippen molar-refractivity contribution < 1.29 is 13.2 Å². The molecule has 0 N–H and O–H groups in total. The summed E-state index contributed by atoms with van der Waals surface area (Å²) in [5.74, 6) is -3.43. The third kappa shape index (κ3) is 6.57. The first-order chi connectivity index (χ1) is 35.6. The van der Waals surface area contributed by atoms with Crippen LogP contribution in [0.4, 0.5) is 13.2 Å². The lowest BCUT2D eigenvalue weighted by molar-refractivity contribution is 0.0537. The van der Waals surface area contributed by atoms with Gasteiger partial charge < -0.3 is 13.7 Å². The van der Waals surface area contributed by atoms with Crippen LogP contribution in [-0.4, -0.2) is 19.6 Å². The minimum Gasteiger partial charge on any atom is -0.333 e. The minimum atomic E-state index is -3.43. The van der Waals surface area contributed by atoms with Crippen LogP contribution in [0.5, 0.6) is 0 Å². The molecule has 0 saturated carbocycles. The average molecular weight is 1060 g/mol. The fraction of sp³-hybridized carbons (Fsp3) is 0.0909. The Kier molecular flexibility index (Phi) is 9.81. The molecule has 2 aliphatic rings. The first-order valence-corrected chi connectivity index (χ1v) is 25.9. The molecule has 352 valence electrons. The van der Waals surface area contributed by atoms with Crippen molar-refractivity contribution in [1.82, 2.24) is 13.7 Å². The second kappa shape index (κ2) is 16.3. The number of rotatable bonds is 7. The molecule has 0 bridgehead atoms. The van der Waals surface area contributed by atoms with E-state index in [1.807, 2.05) is 144 Å². The maximum atomic E-state index is 18.8. The highest BCUT2D eigenvalue weighted by Crippen LogP contribution is 2.56. The zero-order chi connectivity index (χ0) is 49.3. The third-order valence-electron chi connectivity index (χ3n) is 15.4. The molecule has 0 spiro atoms. The zero-order valence-electron chi connectivity index (χ0n) is 39.9. The lowest BCUT2D eigenvalue weighted by atomic mass is 9.79. The van der Waals surface area contributed by atoms with Gasteiger partial charge in [-0.15, -0.1) is 0 Å². The van der Waals surface area contributed by atoms with E-state index in [1.54, 1.807) is 6.92 Å². The maximum Gasteiger partial charge on any atom is 0.269 e. The Balaban J connectivity index is 1.20. The van der Waals surface area contributed by atoms with E-state index in [-0.39, 0.29) is 12.0 Å². The highest BCUT2D eigenvalue weighted by molar-refractivity contribution is 14.1. The highest BCUT2D eigenvalue weighted by Gasteiger charge is 2.45. The van der Waals surface area contributed by atoms with Crippen LogP contribution in [-0.2, 0) is 3.68 Å². The van der Waals surface area contributed by atoms with Crippen LogP contribution in [0, 0.1) is 0 Å². The summed E-state index contributed by atoms with van der Waals surface area (Å²) in [5.41, 5.74) is 13.2. The number of halogens is 4. The molecule has 0 saturated heterocycles. The van der Waals surface area contributed by atoms with E-state index in [0.717, 1.165) is 100 Å². The van der Waals surface area contributed by atoms with E-state index in [9.17, 15) is 0 Å². The van der Waals surface area contributed by atoms with Crippen molar-refractivity contribution in [2.24, 2.45) is 0 Å². The van der Waals surface area contributed by atoms with Gasteiger partial charge in [-0.05, 0) is 118 Å². The van der Waals surface area contributed by atoms with Crippen LogP contribution in [0.25, 0.3) is 105 Å². The van der Waals surface area contributed by atoms with E-state index >= 15 is 13.2 Å². The summed E-state index contributed by atoms with van der Waals surface area (Å²) in [7, 11) is 0. The van der Waals surface area contributed by atoms with E-state index in [1.165, 1.54) is 0 Å². The van der Waals surface area contributed by atoms with Crippen LogP contribution in [0.15, 0.2) is 218 Å². The van der Waals surface area contributed by atoms with Crippen molar-refractivity contribution in [2.45, 2.75) is 35.9 Å². The second-order valence-corrected chi connectivity index (χ2v) is 21.6. The molecule has 0 amide bonds. The summed E-state index contributed by atoms with van der Waals surface area (Å²) in [6, 6.07) is 68.8. The smallest absolute Gasteiger partial charge is 0.269 e. The Bertz CT molecular complexity index is 4190. The molecule has 0 fully saturated rings. The fourth-order valence-corrected chi connectivity index (χ4v) is 13.2. The predicted octanol–water partition coefficient (Wildman–Crippen LogP) is 18.7. The van der Waals surface area contributed by atoms with Gasteiger partial charge in [-0.3, -0.25) is 0 Å². The number of alkyl halides is 4. The number of aromatic nitrogens is 3. The molecule has 2 unspecified atom stereocenters. The second-order valence-electron chi connectivity index (χ2n) is 19.6. The number of para-hydroxylation sites is 6. The number of hydrogen-bond donors (Lipinski definition) is 0. The molecule has 3 nitrogen and oxygen atoms in total. The van der Waals surface area contributed by atoms with E-state index in [2.05, 4.69) is 111 Å². The topological polar surface area (TPSA) is 14.8 Å². The lowest BCUT2D eigenvalue weighted by Gasteiger charge is -2.37. The molecule has 7 heteroatoms. The van der Waals surface area contributed by atoms with E-state index < -0.39 is 15.6 Å². The van der Waals surface area contributed by atoms with Crippen molar-refractivity contribution >= 4 is 111 Å². The standard InChI is InChI=1S/C66H45F3IN3/c1-65(67,68)64-60(73-56-33-17-11-27-49(56)50-28-12-18-34-57(50)73)38-37-59(72-54-31-15-9-25-47(54)48-26-10-16-32-55(48)72)62(64)61-58(71-52-29-13-7-23-45(52)46-24-8-14-30-53(46)71)36-35-40(63(61)66(2,69)70)39-51-43-21-5-3-19-41(43)42-20-4-6-22-44(42)51/h3-37,39,60H,38H2,1-2H3. The van der Waals surface area contributed by atoms with Gasteiger partial charge in [-0.2, -0.15) is 0 Å². The fourth-order valence-electron chi connectivity index (χ4n) is 12.6. The average Bonchev–Trinajstić information content (AvgIpc) is 4.13. The van der Waals surface area contributed by atoms with Gasteiger partial charge in [-0.25, -0.2) is 13.2 Å². The molecule has 12 aromatic rings. The molecule has 3 aromatic heterocycles. The molecule has 0 radical (unpaired) electrons. The number of allylic oxidation sites excluding steroid dienone is 4. The quantitative estimate of drug-likeness (QED) is 0.112. The van der Waals surface area contributed by atoms with Crippen molar-refractivity contribution in [3.8, 4) is 16.8 Å². The van der Waals surface area contributed by atoms with Gasteiger partial charge in [0.1, 0.15) is 0 Å². The van der Waals surface area contributed by atoms with E-state index in [0.29, 0.717) is 33.6 Å².